The van der Waals surface area contributed by atoms with Crippen LogP contribution in [0.25, 0.3) is 32.7 Å². The van der Waals surface area contributed by atoms with Crippen molar-refractivity contribution in [3.8, 4) is 35.5 Å². The number of benzene rings is 3. The molecule has 0 radical (unpaired) electrons. The third-order valence-corrected chi connectivity index (χ3v) is 6.24. The Balaban J connectivity index is 0.000000175. The SMILES string of the molecule is Cc1ccc2c(C#N)ccc([O-])c2n1.Cc1ccc2c(C#N)ccc([O-])c2n1.Cc1ccc2c(C#N)ccc([O-])c2n1.[Al+3]. The van der Waals surface area contributed by atoms with Crippen LogP contribution in [-0.4, -0.2) is 32.3 Å². The van der Waals surface area contributed by atoms with E-state index < -0.39 is 0 Å². The first-order chi connectivity index (χ1) is 20.2. The average molecular weight is 577 g/mol. The average Bonchev–Trinajstić information content (AvgIpc) is 2.99. The number of fused-ring (bicyclic) bond motifs is 3. The number of pyridine rings is 3. The number of aromatic nitrogens is 3. The van der Waals surface area contributed by atoms with Crippen LogP contribution in [0.2, 0.25) is 0 Å². The molecule has 0 amide bonds. The monoisotopic (exact) mass is 576 g/mol. The van der Waals surface area contributed by atoms with Gasteiger partial charge in [-0.05, 0) is 75.4 Å². The molecule has 0 aliphatic heterocycles. The van der Waals surface area contributed by atoms with Crippen molar-refractivity contribution < 1.29 is 15.3 Å². The number of hydrogen-bond acceptors (Lipinski definition) is 9. The Hall–Kier alpha value is -5.71. The minimum Gasteiger partial charge on any atom is -0.871 e. The van der Waals surface area contributed by atoms with E-state index in [0.29, 0.717) is 49.4 Å². The Morgan fingerprint density at radius 1 is 0.442 bits per heavy atom. The van der Waals surface area contributed by atoms with Gasteiger partial charge in [0.15, 0.2) is 0 Å². The zero-order valence-electron chi connectivity index (χ0n) is 23.4. The molecule has 0 unspecified atom stereocenters. The van der Waals surface area contributed by atoms with Crippen LogP contribution in [0.4, 0.5) is 0 Å². The first-order valence-electron chi connectivity index (χ1n) is 12.6. The number of rotatable bonds is 0. The summed E-state index contributed by atoms with van der Waals surface area (Å²) in [4.78, 5) is 12.4. The number of aryl methyl sites for hydroxylation is 3. The minimum atomic E-state index is -0.136. The largest absolute Gasteiger partial charge is 3.00 e. The molecule has 43 heavy (non-hydrogen) atoms. The Bertz CT molecular complexity index is 1870. The van der Waals surface area contributed by atoms with Gasteiger partial charge >= 0.3 is 17.4 Å². The van der Waals surface area contributed by atoms with Gasteiger partial charge < -0.3 is 15.3 Å². The Kier molecular flexibility index (Phi) is 10.2. The van der Waals surface area contributed by atoms with Crippen LogP contribution >= 0.6 is 0 Å². The van der Waals surface area contributed by atoms with Crippen molar-refractivity contribution in [3.05, 3.63) is 107 Å². The zero-order chi connectivity index (χ0) is 30.4. The molecule has 3 aromatic heterocycles. The molecular formula is C33H21AlN6O3. The second kappa shape index (κ2) is 13.8. The second-order valence-corrected chi connectivity index (χ2v) is 9.22. The van der Waals surface area contributed by atoms with Crippen LogP contribution in [0.3, 0.4) is 0 Å². The van der Waals surface area contributed by atoms with Crippen molar-refractivity contribution in [2.24, 2.45) is 0 Å². The number of nitrogens with zero attached hydrogens (tertiary/aromatic N) is 6. The third kappa shape index (κ3) is 6.96. The number of hydrogen-bond donors (Lipinski definition) is 0. The van der Waals surface area contributed by atoms with Gasteiger partial charge in [-0.15, -0.1) is 0 Å². The molecule has 204 valence electrons. The standard InChI is InChI=1S/3C11H8N2O.Al/c3*1-7-2-4-9-8(6-12)3-5-10(14)11(9)13-7;/h3*2-5,14H,1H3;/q;;;+3/p-3. The van der Waals surface area contributed by atoms with Gasteiger partial charge in [0, 0.05) is 33.2 Å². The Morgan fingerprint density at radius 3 is 0.930 bits per heavy atom. The fourth-order valence-electron chi connectivity index (χ4n) is 4.16. The van der Waals surface area contributed by atoms with Gasteiger partial charge in [0.25, 0.3) is 0 Å². The maximum absolute atomic E-state index is 11.4. The molecule has 0 saturated carbocycles. The van der Waals surface area contributed by atoms with Crippen LogP contribution in [0.15, 0.2) is 72.8 Å². The van der Waals surface area contributed by atoms with Crippen molar-refractivity contribution in [2.45, 2.75) is 20.8 Å². The summed E-state index contributed by atoms with van der Waals surface area (Å²) >= 11 is 0. The molecule has 0 aliphatic rings. The minimum absolute atomic E-state index is 0. The van der Waals surface area contributed by atoms with Gasteiger partial charge in [-0.2, -0.15) is 15.8 Å². The maximum atomic E-state index is 11.4. The van der Waals surface area contributed by atoms with Gasteiger partial charge in [0.2, 0.25) is 0 Å². The maximum Gasteiger partial charge on any atom is 3.00 e. The van der Waals surface area contributed by atoms with Crippen LogP contribution in [0, 0.1) is 54.8 Å². The molecule has 6 rings (SSSR count). The van der Waals surface area contributed by atoms with E-state index in [-0.39, 0.29) is 34.6 Å². The van der Waals surface area contributed by atoms with E-state index in [2.05, 4.69) is 15.0 Å². The molecule has 0 aliphatic carbocycles. The van der Waals surface area contributed by atoms with Crippen molar-refractivity contribution >= 4 is 50.1 Å². The summed E-state index contributed by atoms with van der Waals surface area (Å²) in [5.41, 5.74) is 4.96. The van der Waals surface area contributed by atoms with E-state index in [4.69, 9.17) is 15.8 Å². The van der Waals surface area contributed by atoms with E-state index in [1.165, 1.54) is 36.4 Å². The fourth-order valence-corrected chi connectivity index (χ4v) is 4.16. The molecule has 3 heterocycles. The van der Waals surface area contributed by atoms with Gasteiger partial charge in [-0.1, -0.05) is 35.4 Å². The molecule has 0 bridgehead atoms. The Morgan fingerprint density at radius 2 is 0.698 bits per heavy atom. The first kappa shape index (κ1) is 31.8. The Labute approximate surface area is 258 Å². The van der Waals surface area contributed by atoms with Crippen LogP contribution in [0.1, 0.15) is 33.8 Å². The summed E-state index contributed by atoms with van der Waals surface area (Å²) in [6, 6.07) is 25.5. The van der Waals surface area contributed by atoms with Crippen LogP contribution in [-0.2, 0) is 0 Å². The van der Waals surface area contributed by atoms with E-state index in [1.807, 2.05) is 39.0 Å². The summed E-state index contributed by atoms with van der Waals surface area (Å²) in [6.07, 6.45) is 0. The van der Waals surface area contributed by atoms with Crippen LogP contribution in [0.5, 0.6) is 17.2 Å². The van der Waals surface area contributed by atoms with Gasteiger partial charge in [0.05, 0.1) is 51.4 Å². The molecule has 6 aromatic rings. The van der Waals surface area contributed by atoms with Crippen molar-refractivity contribution in [1.82, 2.24) is 15.0 Å². The molecule has 10 heteroatoms. The number of nitriles is 3. The summed E-state index contributed by atoms with van der Waals surface area (Å²) < 4.78 is 0. The first-order valence-corrected chi connectivity index (χ1v) is 12.6. The van der Waals surface area contributed by atoms with Gasteiger partial charge in [0.1, 0.15) is 0 Å². The van der Waals surface area contributed by atoms with E-state index in [9.17, 15) is 15.3 Å². The zero-order valence-corrected chi connectivity index (χ0v) is 24.6. The summed E-state index contributed by atoms with van der Waals surface area (Å²) in [6.45, 7) is 5.45. The van der Waals surface area contributed by atoms with Crippen molar-refractivity contribution in [1.29, 1.82) is 15.8 Å². The summed E-state index contributed by atoms with van der Waals surface area (Å²) in [5, 5.41) is 62.6. The van der Waals surface area contributed by atoms with E-state index >= 15 is 0 Å². The van der Waals surface area contributed by atoms with Crippen LogP contribution < -0.4 is 15.3 Å². The van der Waals surface area contributed by atoms with Gasteiger partial charge in [-0.3, -0.25) is 15.0 Å². The molecule has 0 saturated heterocycles. The van der Waals surface area contributed by atoms with Gasteiger partial charge in [-0.25, -0.2) is 0 Å². The predicted octanol–water partition coefficient (Wildman–Crippen LogP) is 4.08. The summed E-state index contributed by atoms with van der Waals surface area (Å²) in [5.74, 6) is -0.409. The molecule has 3 aromatic carbocycles. The summed E-state index contributed by atoms with van der Waals surface area (Å²) in [7, 11) is 0. The van der Waals surface area contributed by atoms with Crippen molar-refractivity contribution in [3.63, 3.8) is 0 Å². The van der Waals surface area contributed by atoms with Crippen molar-refractivity contribution in [2.75, 3.05) is 0 Å². The molecule has 0 fully saturated rings. The predicted molar refractivity (Wildman–Crippen MR) is 158 cm³/mol. The quantitative estimate of drug-likeness (QED) is 0.241. The second-order valence-electron chi connectivity index (χ2n) is 9.22. The third-order valence-electron chi connectivity index (χ3n) is 6.24. The molecule has 0 spiro atoms. The topological polar surface area (TPSA) is 179 Å². The fraction of sp³-hybridized carbons (Fsp3) is 0.0909. The smallest absolute Gasteiger partial charge is 0.871 e. The normalized spacial score (nSPS) is 9.77. The van der Waals surface area contributed by atoms with E-state index in [1.54, 1.807) is 36.4 Å². The molecule has 0 atom stereocenters. The molecule has 9 nitrogen and oxygen atoms in total. The molecular weight excluding hydrogens is 555 g/mol. The molecule has 0 N–H and O–H groups in total. The van der Waals surface area contributed by atoms with E-state index in [0.717, 1.165) is 17.1 Å².